The molecule has 0 aliphatic heterocycles. The summed E-state index contributed by atoms with van der Waals surface area (Å²) in [5.41, 5.74) is 2.47. The van der Waals surface area contributed by atoms with Crippen LogP contribution < -0.4 is 0 Å². The quantitative estimate of drug-likeness (QED) is 0.724. The van der Waals surface area contributed by atoms with Crippen molar-refractivity contribution in [3.8, 4) is 0 Å². The van der Waals surface area contributed by atoms with Gasteiger partial charge in [-0.1, -0.05) is 48.5 Å². The minimum Gasteiger partial charge on any atom is -0.444 e. The van der Waals surface area contributed by atoms with Crippen molar-refractivity contribution in [1.29, 1.82) is 0 Å². The fourth-order valence-corrected chi connectivity index (χ4v) is 2.28. The summed E-state index contributed by atoms with van der Waals surface area (Å²) in [4.78, 5) is 16.9. The standard InChI is InChI=1S/C18H16N2O2/c1-2-8-17-19-15-11-6-7-12-16(15)20(17)18(21)22-13-14-9-4-3-5-10-14/h2-12H,13H2,1H3/b8-2+. The molecule has 0 saturated carbocycles. The molecule has 1 heterocycles. The van der Waals surface area contributed by atoms with Crippen LogP contribution in [0.25, 0.3) is 17.1 Å². The Balaban J connectivity index is 1.91. The summed E-state index contributed by atoms with van der Waals surface area (Å²) >= 11 is 0. The van der Waals surface area contributed by atoms with Crippen LogP contribution in [-0.2, 0) is 11.3 Å². The number of carbonyl (C=O) groups excluding carboxylic acids is 1. The first-order valence-electron chi connectivity index (χ1n) is 7.11. The van der Waals surface area contributed by atoms with Gasteiger partial charge < -0.3 is 4.74 Å². The molecule has 3 aromatic rings. The molecule has 0 aliphatic rings. The molecule has 2 aromatic carbocycles. The Morgan fingerprint density at radius 1 is 1.14 bits per heavy atom. The smallest absolute Gasteiger partial charge is 0.420 e. The second kappa shape index (κ2) is 6.26. The fraction of sp³-hybridized carbons (Fsp3) is 0.111. The number of benzene rings is 2. The van der Waals surface area contributed by atoms with Gasteiger partial charge in [-0.25, -0.2) is 14.3 Å². The molecule has 0 amide bonds. The van der Waals surface area contributed by atoms with Gasteiger partial charge in [-0.3, -0.25) is 0 Å². The van der Waals surface area contributed by atoms with Gasteiger partial charge in [-0.15, -0.1) is 0 Å². The van der Waals surface area contributed by atoms with E-state index in [1.807, 2.05) is 67.6 Å². The average Bonchev–Trinajstić information content (AvgIpc) is 2.92. The molecule has 0 N–H and O–H groups in total. The van der Waals surface area contributed by atoms with Crippen molar-refractivity contribution in [3.63, 3.8) is 0 Å². The molecule has 0 spiro atoms. The number of nitrogens with zero attached hydrogens (tertiary/aromatic N) is 2. The van der Waals surface area contributed by atoms with Gasteiger partial charge in [0.1, 0.15) is 12.4 Å². The molecule has 3 rings (SSSR count). The lowest BCUT2D eigenvalue weighted by Crippen LogP contribution is -2.15. The SMILES string of the molecule is C/C=C/c1nc2ccccc2n1C(=O)OCc1ccccc1. The van der Waals surface area contributed by atoms with Crippen LogP contribution >= 0.6 is 0 Å². The molecular weight excluding hydrogens is 276 g/mol. The molecule has 0 radical (unpaired) electrons. The Kier molecular flexibility index (Phi) is 4.01. The van der Waals surface area contributed by atoms with Crippen molar-refractivity contribution in [3.05, 3.63) is 72.1 Å². The molecule has 4 heteroatoms. The van der Waals surface area contributed by atoms with E-state index in [2.05, 4.69) is 4.98 Å². The van der Waals surface area contributed by atoms with E-state index < -0.39 is 6.09 Å². The zero-order valence-electron chi connectivity index (χ0n) is 12.3. The summed E-state index contributed by atoms with van der Waals surface area (Å²) in [6, 6.07) is 17.1. The molecule has 1 aromatic heterocycles. The van der Waals surface area contributed by atoms with E-state index in [-0.39, 0.29) is 6.61 Å². The molecule has 0 fully saturated rings. The predicted octanol–water partition coefficient (Wildman–Crippen LogP) is 4.25. The van der Waals surface area contributed by atoms with E-state index in [1.54, 1.807) is 6.08 Å². The van der Waals surface area contributed by atoms with Crippen molar-refractivity contribution in [2.24, 2.45) is 0 Å². The van der Waals surface area contributed by atoms with Crippen LogP contribution in [-0.4, -0.2) is 15.6 Å². The number of aromatic nitrogens is 2. The number of carbonyl (C=O) groups is 1. The van der Waals surface area contributed by atoms with Crippen molar-refractivity contribution < 1.29 is 9.53 Å². The Morgan fingerprint density at radius 3 is 2.64 bits per heavy atom. The molecular formula is C18H16N2O2. The highest BCUT2D eigenvalue weighted by molar-refractivity contribution is 5.89. The zero-order chi connectivity index (χ0) is 15.4. The summed E-state index contributed by atoms with van der Waals surface area (Å²) in [5.74, 6) is 0.571. The first-order valence-corrected chi connectivity index (χ1v) is 7.11. The van der Waals surface area contributed by atoms with E-state index in [1.165, 1.54) is 4.57 Å². The number of para-hydroxylation sites is 2. The van der Waals surface area contributed by atoms with Crippen LogP contribution in [0.1, 0.15) is 18.3 Å². The normalized spacial score (nSPS) is 11.1. The number of imidazole rings is 1. The number of allylic oxidation sites excluding steroid dienone is 1. The third-order valence-electron chi connectivity index (χ3n) is 3.29. The van der Waals surface area contributed by atoms with Crippen molar-refractivity contribution in [2.45, 2.75) is 13.5 Å². The van der Waals surface area contributed by atoms with Crippen LogP contribution in [0.15, 0.2) is 60.7 Å². The first kappa shape index (κ1) is 14.1. The molecule has 0 atom stereocenters. The lowest BCUT2D eigenvalue weighted by molar-refractivity contribution is 0.142. The highest BCUT2D eigenvalue weighted by atomic mass is 16.5. The predicted molar refractivity (Wildman–Crippen MR) is 86.5 cm³/mol. The number of hydrogen-bond acceptors (Lipinski definition) is 3. The lowest BCUT2D eigenvalue weighted by atomic mass is 10.2. The molecule has 110 valence electrons. The van der Waals surface area contributed by atoms with Crippen LogP contribution in [0, 0.1) is 0 Å². The van der Waals surface area contributed by atoms with Gasteiger partial charge >= 0.3 is 6.09 Å². The summed E-state index contributed by atoms with van der Waals surface area (Å²) in [6.45, 7) is 2.13. The van der Waals surface area contributed by atoms with Crippen molar-refractivity contribution in [1.82, 2.24) is 9.55 Å². The van der Waals surface area contributed by atoms with E-state index in [9.17, 15) is 4.79 Å². The van der Waals surface area contributed by atoms with Crippen LogP contribution in [0.5, 0.6) is 0 Å². The minimum absolute atomic E-state index is 0.238. The molecule has 0 unspecified atom stereocenters. The van der Waals surface area contributed by atoms with Gasteiger partial charge in [0.05, 0.1) is 11.0 Å². The molecule has 0 aliphatic carbocycles. The number of hydrogen-bond donors (Lipinski definition) is 0. The first-order chi connectivity index (χ1) is 10.8. The second-order valence-corrected chi connectivity index (χ2v) is 4.83. The number of fused-ring (bicyclic) bond motifs is 1. The topological polar surface area (TPSA) is 44.1 Å². The van der Waals surface area contributed by atoms with Crippen LogP contribution in [0.2, 0.25) is 0 Å². The molecule has 4 nitrogen and oxygen atoms in total. The van der Waals surface area contributed by atoms with E-state index >= 15 is 0 Å². The third-order valence-corrected chi connectivity index (χ3v) is 3.29. The summed E-state index contributed by atoms with van der Waals surface area (Å²) in [7, 11) is 0. The largest absolute Gasteiger partial charge is 0.444 e. The highest BCUT2D eigenvalue weighted by Gasteiger charge is 2.16. The lowest BCUT2D eigenvalue weighted by Gasteiger charge is -2.07. The van der Waals surface area contributed by atoms with Crippen molar-refractivity contribution >= 4 is 23.2 Å². The number of rotatable bonds is 3. The molecule has 22 heavy (non-hydrogen) atoms. The van der Waals surface area contributed by atoms with Gasteiger partial charge in [0, 0.05) is 0 Å². The van der Waals surface area contributed by atoms with Gasteiger partial charge in [-0.2, -0.15) is 0 Å². The average molecular weight is 292 g/mol. The Bertz CT molecular complexity index is 819. The second-order valence-electron chi connectivity index (χ2n) is 4.83. The molecule has 0 bridgehead atoms. The van der Waals surface area contributed by atoms with Gasteiger partial charge in [0.15, 0.2) is 0 Å². The Labute approximate surface area is 128 Å². The Hall–Kier alpha value is -2.88. The van der Waals surface area contributed by atoms with E-state index in [0.717, 1.165) is 16.6 Å². The highest BCUT2D eigenvalue weighted by Crippen LogP contribution is 2.18. The van der Waals surface area contributed by atoms with E-state index in [4.69, 9.17) is 4.74 Å². The third kappa shape index (κ3) is 2.76. The van der Waals surface area contributed by atoms with Crippen molar-refractivity contribution in [2.75, 3.05) is 0 Å². The van der Waals surface area contributed by atoms with Gasteiger partial charge in [0.25, 0.3) is 0 Å². The van der Waals surface area contributed by atoms with Gasteiger partial charge in [-0.05, 0) is 30.7 Å². The zero-order valence-corrected chi connectivity index (χ0v) is 12.3. The minimum atomic E-state index is -0.425. The van der Waals surface area contributed by atoms with Gasteiger partial charge in [0.2, 0.25) is 0 Å². The number of ether oxygens (including phenoxy) is 1. The van der Waals surface area contributed by atoms with Crippen LogP contribution in [0.4, 0.5) is 4.79 Å². The maximum Gasteiger partial charge on any atom is 0.420 e. The summed E-state index contributed by atoms with van der Waals surface area (Å²) in [5, 5.41) is 0. The maximum atomic E-state index is 12.5. The van der Waals surface area contributed by atoms with E-state index in [0.29, 0.717) is 5.82 Å². The fourth-order valence-electron chi connectivity index (χ4n) is 2.28. The molecule has 0 saturated heterocycles. The maximum absolute atomic E-state index is 12.5. The summed E-state index contributed by atoms with van der Waals surface area (Å²) < 4.78 is 6.92. The summed E-state index contributed by atoms with van der Waals surface area (Å²) in [6.07, 6.45) is 3.22. The van der Waals surface area contributed by atoms with Crippen LogP contribution in [0.3, 0.4) is 0 Å². The Morgan fingerprint density at radius 2 is 1.86 bits per heavy atom. The monoisotopic (exact) mass is 292 g/mol.